The van der Waals surface area contributed by atoms with Gasteiger partial charge in [0.25, 0.3) is 0 Å². The Morgan fingerprint density at radius 1 is 1.31 bits per heavy atom. The molecule has 1 aliphatic carbocycles. The van der Waals surface area contributed by atoms with Crippen molar-refractivity contribution in [3.8, 4) is 0 Å². The third-order valence-corrected chi connectivity index (χ3v) is 3.26. The smallest absolute Gasteiger partial charge is 0.125 e. The fourth-order valence-corrected chi connectivity index (χ4v) is 2.32. The molecule has 0 aromatic carbocycles. The van der Waals surface area contributed by atoms with Crippen LogP contribution in [-0.2, 0) is 9.53 Å². The van der Waals surface area contributed by atoms with Crippen molar-refractivity contribution in [2.24, 2.45) is 11.3 Å². The third kappa shape index (κ3) is 2.31. The van der Waals surface area contributed by atoms with Crippen molar-refractivity contribution >= 4 is 6.29 Å². The maximum absolute atomic E-state index is 10.9. The number of carbonyl (C=O) groups is 1. The summed E-state index contributed by atoms with van der Waals surface area (Å²) in [4.78, 5) is 10.9. The van der Waals surface area contributed by atoms with Crippen LogP contribution in [0.25, 0.3) is 0 Å². The number of hydrogen-bond acceptors (Lipinski definition) is 2. The molecule has 2 nitrogen and oxygen atoms in total. The highest BCUT2D eigenvalue weighted by Crippen LogP contribution is 2.38. The van der Waals surface area contributed by atoms with E-state index in [1.165, 1.54) is 12.8 Å². The molecule has 1 rings (SSSR count). The van der Waals surface area contributed by atoms with Gasteiger partial charge in [-0.15, -0.1) is 0 Å². The highest BCUT2D eigenvalue weighted by atomic mass is 16.5. The van der Waals surface area contributed by atoms with Crippen LogP contribution in [0.4, 0.5) is 0 Å². The van der Waals surface area contributed by atoms with Gasteiger partial charge < -0.3 is 9.53 Å². The first-order valence-electron chi connectivity index (χ1n) is 5.11. The Morgan fingerprint density at radius 2 is 1.92 bits per heavy atom. The molecule has 13 heavy (non-hydrogen) atoms. The zero-order chi connectivity index (χ0) is 9.90. The van der Waals surface area contributed by atoms with Gasteiger partial charge in [0, 0.05) is 12.5 Å². The molecule has 1 saturated carbocycles. The van der Waals surface area contributed by atoms with Gasteiger partial charge in [0.15, 0.2) is 0 Å². The normalized spacial score (nSPS) is 30.1. The molecule has 1 aliphatic rings. The van der Waals surface area contributed by atoms with Crippen LogP contribution in [0.15, 0.2) is 0 Å². The molecule has 0 N–H and O–H groups in total. The number of ether oxygens (including phenoxy) is 1. The van der Waals surface area contributed by atoms with Crippen LogP contribution in [0.2, 0.25) is 0 Å². The topological polar surface area (TPSA) is 26.3 Å². The molecular weight excluding hydrogens is 164 g/mol. The van der Waals surface area contributed by atoms with Gasteiger partial charge in [0.1, 0.15) is 6.29 Å². The maximum Gasteiger partial charge on any atom is 0.125 e. The Bertz CT molecular complexity index is 175. The predicted molar refractivity (Wildman–Crippen MR) is 52.6 cm³/mol. The molecule has 0 bridgehead atoms. The lowest BCUT2D eigenvalue weighted by Crippen LogP contribution is -2.38. The standard InChI is InChI=1S/C11H20O2/c1-11(2,8-12)9-6-4-5-7-10(9)13-3/h8-10H,4-7H2,1-3H3. The number of aldehydes is 1. The van der Waals surface area contributed by atoms with E-state index in [-0.39, 0.29) is 11.5 Å². The highest BCUT2D eigenvalue weighted by Gasteiger charge is 2.37. The van der Waals surface area contributed by atoms with Crippen LogP contribution < -0.4 is 0 Å². The maximum atomic E-state index is 10.9. The number of methoxy groups -OCH3 is 1. The lowest BCUT2D eigenvalue weighted by atomic mass is 9.70. The summed E-state index contributed by atoms with van der Waals surface area (Å²) >= 11 is 0. The number of rotatable bonds is 3. The fourth-order valence-electron chi connectivity index (χ4n) is 2.32. The van der Waals surface area contributed by atoms with Crippen LogP contribution in [0.5, 0.6) is 0 Å². The summed E-state index contributed by atoms with van der Waals surface area (Å²) in [6, 6.07) is 0. The Labute approximate surface area is 80.7 Å². The van der Waals surface area contributed by atoms with Gasteiger partial charge in [-0.05, 0) is 18.8 Å². The van der Waals surface area contributed by atoms with Crippen molar-refractivity contribution in [2.75, 3.05) is 7.11 Å². The van der Waals surface area contributed by atoms with E-state index in [2.05, 4.69) is 0 Å². The summed E-state index contributed by atoms with van der Waals surface area (Å²) in [6.07, 6.45) is 6.08. The largest absolute Gasteiger partial charge is 0.381 e. The third-order valence-electron chi connectivity index (χ3n) is 3.26. The SMILES string of the molecule is COC1CCCCC1C(C)(C)C=O. The van der Waals surface area contributed by atoms with Crippen LogP contribution in [0, 0.1) is 11.3 Å². The van der Waals surface area contributed by atoms with E-state index in [4.69, 9.17) is 4.74 Å². The van der Waals surface area contributed by atoms with E-state index in [1.807, 2.05) is 13.8 Å². The second-order valence-electron chi connectivity index (χ2n) is 4.60. The van der Waals surface area contributed by atoms with Crippen molar-refractivity contribution in [3.05, 3.63) is 0 Å². The van der Waals surface area contributed by atoms with Crippen molar-refractivity contribution in [1.29, 1.82) is 0 Å². The van der Waals surface area contributed by atoms with Crippen molar-refractivity contribution < 1.29 is 9.53 Å². The van der Waals surface area contributed by atoms with Crippen molar-refractivity contribution in [3.63, 3.8) is 0 Å². The van der Waals surface area contributed by atoms with E-state index >= 15 is 0 Å². The molecule has 0 aromatic rings. The first kappa shape index (κ1) is 10.7. The average molecular weight is 184 g/mol. The second kappa shape index (κ2) is 4.23. The molecule has 76 valence electrons. The van der Waals surface area contributed by atoms with E-state index < -0.39 is 0 Å². The Hall–Kier alpha value is -0.370. The molecule has 0 aromatic heterocycles. The van der Waals surface area contributed by atoms with Gasteiger partial charge in [-0.1, -0.05) is 26.7 Å². The van der Waals surface area contributed by atoms with E-state index in [9.17, 15) is 4.79 Å². The van der Waals surface area contributed by atoms with Crippen molar-refractivity contribution in [1.82, 2.24) is 0 Å². The van der Waals surface area contributed by atoms with Gasteiger partial charge in [-0.3, -0.25) is 0 Å². The summed E-state index contributed by atoms with van der Waals surface area (Å²) in [5.41, 5.74) is -0.221. The summed E-state index contributed by atoms with van der Waals surface area (Å²) in [5.74, 6) is 0.406. The quantitative estimate of drug-likeness (QED) is 0.630. The van der Waals surface area contributed by atoms with E-state index in [0.29, 0.717) is 5.92 Å². The highest BCUT2D eigenvalue weighted by molar-refractivity contribution is 5.58. The van der Waals surface area contributed by atoms with Crippen LogP contribution in [0.3, 0.4) is 0 Å². The molecule has 2 unspecified atom stereocenters. The van der Waals surface area contributed by atoms with Crippen molar-refractivity contribution in [2.45, 2.75) is 45.6 Å². The molecule has 0 radical (unpaired) electrons. The molecule has 0 amide bonds. The summed E-state index contributed by atoms with van der Waals surface area (Å²) in [5, 5.41) is 0. The molecule has 2 heteroatoms. The van der Waals surface area contributed by atoms with Crippen LogP contribution >= 0.6 is 0 Å². The first-order valence-corrected chi connectivity index (χ1v) is 5.11. The second-order valence-corrected chi connectivity index (χ2v) is 4.60. The first-order chi connectivity index (χ1) is 6.11. The lowest BCUT2D eigenvalue weighted by Gasteiger charge is -2.38. The Morgan fingerprint density at radius 3 is 2.46 bits per heavy atom. The zero-order valence-corrected chi connectivity index (χ0v) is 8.88. The average Bonchev–Trinajstić information content (AvgIpc) is 2.18. The molecule has 0 spiro atoms. The predicted octanol–water partition coefficient (Wildman–Crippen LogP) is 2.42. The summed E-state index contributed by atoms with van der Waals surface area (Å²) in [7, 11) is 1.75. The van der Waals surface area contributed by atoms with Crippen LogP contribution in [-0.4, -0.2) is 19.5 Å². The minimum Gasteiger partial charge on any atom is -0.381 e. The molecule has 1 fully saturated rings. The monoisotopic (exact) mass is 184 g/mol. The lowest BCUT2D eigenvalue weighted by molar-refractivity contribution is -0.122. The van der Waals surface area contributed by atoms with Gasteiger partial charge in [-0.2, -0.15) is 0 Å². The molecule has 0 heterocycles. The molecule has 0 aliphatic heterocycles. The van der Waals surface area contributed by atoms with Gasteiger partial charge in [0.05, 0.1) is 6.10 Å². The van der Waals surface area contributed by atoms with Crippen LogP contribution in [0.1, 0.15) is 39.5 Å². The molecular formula is C11H20O2. The molecule has 2 atom stereocenters. The fraction of sp³-hybridized carbons (Fsp3) is 0.909. The minimum absolute atomic E-state index is 0.221. The van der Waals surface area contributed by atoms with E-state index in [0.717, 1.165) is 19.1 Å². The summed E-state index contributed by atoms with van der Waals surface area (Å²) < 4.78 is 5.43. The summed E-state index contributed by atoms with van der Waals surface area (Å²) in [6.45, 7) is 4.03. The van der Waals surface area contributed by atoms with Gasteiger partial charge in [0.2, 0.25) is 0 Å². The Kier molecular flexibility index (Phi) is 3.48. The molecule has 0 saturated heterocycles. The minimum atomic E-state index is -0.221. The number of carbonyl (C=O) groups excluding carboxylic acids is 1. The Balaban J connectivity index is 2.68. The zero-order valence-electron chi connectivity index (χ0n) is 8.88. The number of hydrogen-bond donors (Lipinski definition) is 0. The van der Waals surface area contributed by atoms with E-state index in [1.54, 1.807) is 7.11 Å². The van der Waals surface area contributed by atoms with Gasteiger partial charge >= 0.3 is 0 Å². The van der Waals surface area contributed by atoms with Gasteiger partial charge in [-0.25, -0.2) is 0 Å².